The van der Waals surface area contributed by atoms with Gasteiger partial charge in [-0.25, -0.2) is 13.8 Å². The second-order valence-electron chi connectivity index (χ2n) is 9.05. The number of para-hydroxylation sites is 1. The lowest BCUT2D eigenvalue weighted by atomic mass is 10.2. The highest BCUT2D eigenvalue weighted by Crippen LogP contribution is 2.26. The Kier molecular flexibility index (Phi) is 8.04. The van der Waals surface area contributed by atoms with Crippen molar-refractivity contribution in [2.45, 2.75) is 32.6 Å². The molecule has 0 saturated carbocycles. The molecule has 0 radical (unpaired) electrons. The monoisotopic (exact) mass is 548 g/mol. The summed E-state index contributed by atoms with van der Waals surface area (Å²) in [6.07, 6.45) is 1.56. The van der Waals surface area contributed by atoms with E-state index in [1.54, 1.807) is 36.5 Å². The van der Waals surface area contributed by atoms with Crippen molar-refractivity contribution in [2.75, 3.05) is 10.8 Å². The van der Waals surface area contributed by atoms with Gasteiger partial charge >= 0.3 is 0 Å². The van der Waals surface area contributed by atoms with Crippen molar-refractivity contribution in [1.82, 2.24) is 9.99 Å². The third kappa shape index (κ3) is 5.82. The molecule has 196 valence electrons. The molecule has 1 aromatic heterocycles. The smallest absolute Gasteiger partial charge is 0.264 e. The summed E-state index contributed by atoms with van der Waals surface area (Å²) < 4.78 is 30.1. The van der Waals surface area contributed by atoms with Gasteiger partial charge < -0.3 is 4.57 Å². The first-order valence-electron chi connectivity index (χ1n) is 12.0. The van der Waals surface area contributed by atoms with E-state index in [1.807, 2.05) is 39.0 Å². The molecule has 0 aliphatic heterocycles. The molecule has 4 aromatic rings. The normalized spacial score (nSPS) is 11.6. The van der Waals surface area contributed by atoms with Gasteiger partial charge in [-0.2, -0.15) is 5.10 Å². The van der Waals surface area contributed by atoms with Crippen LogP contribution in [-0.4, -0.2) is 31.7 Å². The third-order valence-electron chi connectivity index (χ3n) is 6.21. The second-order valence-corrected chi connectivity index (χ2v) is 11.3. The fourth-order valence-electron chi connectivity index (χ4n) is 4.23. The summed E-state index contributed by atoms with van der Waals surface area (Å²) in [6, 6.07) is 22.9. The summed E-state index contributed by atoms with van der Waals surface area (Å²) in [4.78, 5) is 13.0. The quantitative estimate of drug-likeness (QED) is 0.226. The van der Waals surface area contributed by atoms with Crippen LogP contribution in [0.15, 0.2) is 88.9 Å². The van der Waals surface area contributed by atoms with Gasteiger partial charge in [-0.1, -0.05) is 53.6 Å². The zero-order chi connectivity index (χ0) is 27.4. The first kappa shape index (κ1) is 27.2. The number of hydrogen-bond donors (Lipinski definition) is 1. The Morgan fingerprint density at radius 1 is 0.974 bits per heavy atom. The van der Waals surface area contributed by atoms with E-state index < -0.39 is 22.5 Å². The third-order valence-corrected chi connectivity index (χ3v) is 8.24. The Labute approximate surface area is 228 Å². The Morgan fingerprint density at radius 2 is 1.68 bits per heavy atom. The molecule has 1 heterocycles. The van der Waals surface area contributed by atoms with Crippen molar-refractivity contribution in [2.24, 2.45) is 5.10 Å². The number of anilines is 1. The zero-order valence-electron chi connectivity index (χ0n) is 21.6. The van der Waals surface area contributed by atoms with Crippen LogP contribution >= 0.6 is 11.6 Å². The van der Waals surface area contributed by atoms with Crippen LogP contribution in [0, 0.1) is 27.7 Å². The molecule has 0 aliphatic rings. The van der Waals surface area contributed by atoms with Crippen molar-refractivity contribution >= 4 is 39.4 Å². The molecule has 1 amide bonds. The molecule has 0 unspecified atom stereocenters. The lowest BCUT2D eigenvalue weighted by molar-refractivity contribution is -0.119. The van der Waals surface area contributed by atoms with Gasteiger partial charge in [0, 0.05) is 27.7 Å². The number of benzene rings is 3. The standard InChI is InChI=1S/C29H29ClN4O3S/c1-20-12-14-27(15-13-20)38(36,37)33(26-10-7-9-25(30)17-26)19-29(35)32-31-18-24-16-22(3)34(23(24)4)28-11-6-5-8-21(28)2/h5-18H,19H2,1-4H3,(H,32,35)/b31-18-. The van der Waals surface area contributed by atoms with Crippen molar-refractivity contribution in [3.8, 4) is 5.69 Å². The van der Waals surface area contributed by atoms with Crippen LogP contribution in [-0.2, 0) is 14.8 Å². The second kappa shape index (κ2) is 11.2. The summed E-state index contributed by atoms with van der Waals surface area (Å²) >= 11 is 6.13. The lowest BCUT2D eigenvalue weighted by Gasteiger charge is -2.24. The molecule has 0 saturated heterocycles. The molecule has 0 aliphatic carbocycles. The number of nitrogens with zero attached hydrogens (tertiary/aromatic N) is 3. The molecular weight excluding hydrogens is 520 g/mol. The molecule has 0 spiro atoms. The maximum Gasteiger partial charge on any atom is 0.264 e. The zero-order valence-corrected chi connectivity index (χ0v) is 23.2. The Bertz CT molecular complexity index is 1610. The van der Waals surface area contributed by atoms with Crippen LogP contribution in [0.25, 0.3) is 5.69 Å². The molecule has 9 heteroatoms. The summed E-state index contributed by atoms with van der Waals surface area (Å²) in [5, 5.41) is 4.47. The number of hydrogen-bond acceptors (Lipinski definition) is 4. The molecule has 0 atom stereocenters. The number of carbonyl (C=O) groups is 1. The molecule has 0 bridgehead atoms. The van der Waals surface area contributed by atoms with E-state index in [2.05, 4.69) is 34.2 Å². The van der Waals surface area contributed by atoms with Crippen molar-refractivity contribution in [3.63, 3.8) is 0 Å². The van der Waals surface area contributed by atoms with Gasteiger partial charge in [0.1, 0.15) is 6.54 Å². The van der Waals surface area contributed by atoms with Crippen molar-refractivity contribution < 1.29 is 13.2 Å². The van der Waals surface area contributed by atoms with Gasteiger partial charge in [0.25, 0.3) is 15.9 Å². The van der Waals surface area contributed by atoms with E-state index in [4.69, 9.17) is 11.6 Å². The number of aromatic nitrogens is 1. The summed E-state index contributed by atoms with van der Waals surface area (Å²) in [7, 11) is -4.04. The predicted octanol–water partition coefficient (Wildman–Crippen LogP) is 5.71. The van der Waals surface area contributed by atoms with Crippen LogP contribution in [0.3, 0.4) is 0 Å². The maximum atomic E-state index is 13.5. The Morgan fingerprint density at radius 3 is 2.37 bits per heavy atom. The highest BCUT2D eigenvalue weighted by atomic mass is 35.5. The molecule has 3 aromatic carbocycles. The Hall–Kier alpha value is -3.88. The van der Waals surface area contributed by atoms with Crippen LogP contribution in [0.1, 0.15) is 28.1 Å². The number of amides is 1. The van der Waals surface area contributed by atoms with Gasteiger partial charge in [-0.3, -0.25) is 9.10 Å². The fourth-order valence-corrected chi connectivity index (χ4v) is 5.82. The predicted molar refractivity (Wildman–Crippen MR) is 153 cm³/mol. The van der Waals surface area contributed by atoms with E-state index in [9.17, 15) is 13.2 Å². The molecule has 4 rings (SSSR count). The number of aryl methyl sites for hydroxylation is 3. The largest absolute Gasteiger partial charge is 0.318 e. The molecule has 0 fully saturated rings. The number of hydrazone groups is 1. The van der Waals surface area contributed by atoms with Crippen molar-refractivity contribution in [1.29, 1.82) is 0 Å². The number of nitrogens with one attached hydrogen (secondary N) is 1. The van der Waals surface area contributed by atoms with E-state index in [0.717, 1.165) is 38.1 Å². The molecular formula is C29H29ClN4O3S. The molecule has 1 N–H and O–H groups in total. The first-order chi connectivity index (χ1) is 18.1. The summed E-state index contributed by atoms with van der Waals surface area (Å²) in [5.74, 6) is -0.593. The van der Waals surface area contributed by atoms with Gasteiger partial charge in [-0.15, -0.1) is 0 Å². The number of halogens is 1. The van der Waals surface area contributed by atoms with E-state index in [-0.39, 0.29) is 10.6 Å². The number of carbonyl (C=O) groups excluding carboxylic acids is 1. The average molecular weight is 549 g/mol. The van der Waals surface area contributed by atoms with Gasteiger partial charge in [-0.05, 0) is 75.7 Å². The SMILES string of the molecule is Cc1ccc(S(=O)(=O)N(CC(=O)N/N=C\c2cc(C)n(-c3ccccc3C)c2C)c2cccc(Cl)c2)cc1. The summed E-state index contributed by atoms with van der Waals surface area (Å²) in [5.41, 5.74) is 8.72. The van der Waals surface area contributed by atoms with Crippen LogP contribution < -0.4 is 9.73 Å². The van der Waals surface area contributed by atoms with Crippen LogP contribution in [0.4, 0.5) is 5.69 Å². The minimum Gasteiger partial charge on any atom is -0.318 e. The van der Waals surface area contributed by atoms with Crippen LogP contribution in [0.5, 0.6) is 0 Å². The Balaban J connectivity index is 1.56. The average Bonchev–Trinajstić information content (AvgIpc) is 3.15. The number of sulfonamides is 1. The highest BCUT2D eigenvalue weighted by molar-refractivity contribution is 7.92. The highest BCUT2D eigenvalue weighted by Gasteiger charge is 2.27. The topological polar surface area (TPSA) is 83.8 Å². The van der Waals surface area contributed by atoms with E-state index in [0.29, 0.717) is 5.02 Å². The lowest BCUT2D eigenvalue weighted by Crippen LogP contribution is -2.39. The van der Waals surface area contributed by atoms with E-state index >= 15 is 0 Å². The van der Waals surface area contributed by atoms with Gasteiger partial charge in [0.2, 0.25) is 0 Å². The van der Waals surface area contributed by atoms with Gasteiger partial charge in [0.15, 0.2) is 0 Å². The maximum absolute atomic E-state index is 13.5. The van der Waals surface area contributed by atoms with Crippen molar-refractivity contribution in [3.05, 3.63) is 112 Å². The minimum absolute atomic E-state index is 0.0722. The first-order valence-corrected chi connectivity index (χ1v) is 13.8. The number of rotatable bonds is 8. The van der Waals surface area contributed by atoms with Crippen LogP contribution in [0.2, 0.25) is 5.02 Å². The molecule has 38 heavy (non-hydrogen) atoms. The van der Waals surface area contributed by atoms with E-state index in [1.165, 1.54) is 18.2 Å². The van der Waals surface area contributed by atoms with Gasteiger partial charge in [0.05, 0.1) is 16.8 Å². The minimum atomic E-state index is -4.04. The molecule has 7 nitrogen and oxygen atoms in total. The summed E-state index contributed by atoms with van der Waals surface area (Å²) in [6.45, 7) is 7.44. The fraction of sp³-hybridized carbons (Fsp3) is 0.172.